The number of rotatable bonds is 3. The molecule has 23 heavy (non-hydrogen) atoms. The number of aliphatic hydroxyl groups is 2. The molecule has 0 radical (unpaired) electrons. The van der Waals surface area contributed by atoms with E-state index in [4.69, 9.17) is 0 Å². The summed E-state index contributed by atoms with van der Waals surface area (Å²) in [6, 6.07) is 4.13. The first kappa shape index (κ1) is 19.4. The van der Waals surface area contributed by atoms with Crippen molar-refractivity contribution in [3.63, 3.8) is 0 Å². The average Bonchev–Trinajstić information content (AvgIpc) is 2.35. The Bertz CT molecular complexity index is 575. The van der Waals surface area contributed by atoms with Crippen LogP contribution in [0.4, 0.5) is 13.2 Å². The van der Waals surface area contributed by atoms with E-state index < -0.39 is 29.0 Å². The van der Waals surface area contributed by atoms with Crippen LogP contribution in [0.2, 0.25) is 0 Å². The van der Waals surface area contributed by atoms with Crippen LogP contribution in [0.25, 0.3) is 0 Å². The maximum absolute atomic E-state index is 12.7. The molecule has 1 rings (SSSR count). The van der Waals surface area contributed by atoms with Gasteiger partial charge in [0.25, 0.3) is 11.7 Å². The predicted molar refractivity (Wildman–Crippen MR) is 79.7 cm³/mol. The number of carbonyl (C=O) groups is 1. The number of hydrogen-bond donors (Lipinski definition) is 2. The van der Waals surface area contributed by atoms with Gasteiger partial charge in [0.05, 0.1) is 0 Å². The molecule has 0 aromatic heterocycles. The van der Waals surface area contributed by atoms with Gasteiger partial charge in [-0.15, -0.1) is 0 Å². The van der Waals surface area contributed by atoms with Crippen LogP contribution in [0.1, 0.15) is 50.5 Å². The molecule has 0 aliphatic heterocycles. The van der Waals surface area contributed by atoms with E-state index in [0.29, 0.717) is 0 Å². The summed E-state index contributed by atoms with van der Waals surface area (Å²) in [6.45, 7) is 9.03. The molecule has 0 spiro atoms. The van der Waals surface area contributed by atoms with Crippen LogP contribution in [0.15, 0.2) is 24.3 Å². The number of halogens is 3. The Morgan fingerprint density at radius 2 is 1.65 bits per heavy atom. The molecule has 7 heteroatoms. The molecule has 1 aromatic rings. The van der Waals surface area contributed by atoms with E-state index >= 15 is 0 Å². The van der Waals surface area contributed by atoms with Crippen molar-refractivity contribution in [3.8, 4) is 0 Å². The Kier molecular flexibility index (Phi) is 5.18. The summed E-state index contributed by atoms with van der Waals surface area (Å²) in [6.07, 6.45) is -5.27. The van der Waals surface area contributed by atoms with E-state index in [1.807, 2.05) is 20.8 Å². The van der Waals surface area contributed by atoms with E-state index in [0.717, 1.165) is 12.1 Å². The molecule has 0 saturated carbocycles. The van der Waals surface area contributed by atoms with Gasteiger partial charge in [0.1, 0.15) is 0 Å². The summed E-state index contributed by atoms with van der Waals surface area (Å²) in [5.41, 5.74) is -1.38. The van der Waals surface area contributed by atoms with Crippen molar-refractivity contribution in [2.24, 2.45) is 0 Å². The molecule has 4 nitrogen and oxygen atoms in total. The van der Waals surface area contributed by atoms with Crippen molar-refractivity contribution in [2.45, 2.75) is 58.2 Å². The van der Waals surface area contributed by atoms with Crippen molar-refractivity contribution in [1.29, 1.82) is 0 Å². The normalized spacial score (nSPS) is 13.3. The van der Waals surface area contributed by atoms with Gasteiger partial charge in [-0.3, -0.25) is 4.79 Å². The number of nitrogens with zero attached hydrogens (tertiary/aromatic N) is 1. The SMILES string of the molecule is CC(C)N(C(=O)c1cccc(C(O)(O)C(F)(F)F)c1)C(C)(C)C. The third-order valence-electron chi connectivity index (χ3n) is 3.37. The van der Waals surface area contributed by atoms with E-state index in [-0.39, 0.29) is 11.6 Å². The Labute approximate surface area is 133 Å². The van der Waals surface area contributed by atoms with Gasteiger partial charge >= 0.3 is 6.18 Å². The fourth-order valence-corrected chi connectivity index (χ4v) is 2.49. The van der Waals surface area contributed by atoms with Crippen LogP contribution >= 0.6 is 0 Å². The van der Waals surface area contributed by atoms with Crippen molar-refractivity contribution in [3.05, 3.63) is 35.4 Å². The average molecular weight is 333 g/mol. The molecule has 130 valence electrons. The minimum Gasteiger partial charge on any atom is -0.355 e. The Hall–Kier alpha value is -1.60. The lowest BCUT2D eigenvalue weighted by molar-refractivity contribution is -0.358. The standard InChI is InChI=1S/C16H22F3NO3/c1-10(2)20(14(3,4)5)13(21)11-7-6-8-12(9-11)15(22,23)16(17,18)19/h6-10,22-23H,1-5H3. The van der Waals surface area contributed by atoms with Gasteiger partial charge in [-0.25, -0.2) is 0 Å². The lowest BCUT2D eigenvalue weighted by atomic mass is 9.98. The van der Waals surface area contributed by atoms with Crippen LogP contribution in [0, 0.1) is 0 Å². The van der Waals surface area contributed by atoms with Crippen molar-refractivity contribution in [2.75, 3.05) is 0 Å². The van der Waals surface area contributed by atoms with Gasteiger partial charge in [-0.1, -0.05) is 12.1 Å². The van der Waals surface area contributed by atoms with Crippen LogP contribution in [0.5, 0.6) is 0 Å². The largest absolute Gasteiger partial charge is 0.447 e. The molecule has 1 aromatic carbocycles. The second-order valence-electron chi connectivity index (χ2n) is 6.69. The van der Waals surface area contributed by atoms with Crippen molar-refractivity contribution in [1.82, 2.24) is 4.90 Å². The maximum Gasteiger partial charge on any atom is 0.447 e. The highest BCUT2D eigenvalue weighted by Gasteiger charge is 2.54. The first-order chi connectivity index (χ1) is 10.2. The molecule has 1 amide bonds. The summed E-state index contributed by atoms with van der Waals surface area (Å²) in [7, 11) is 0. The van der Waals surface area contributed by atoms with Crippen LogP contribution in [-0.4, -0.2) is 38.8 Å². The Morgan fingerprint density at radius 1 is 1.13 bits per heavy atom. The van der Waals surface area contributed by atoms with Gasteiger partial charge in [0.2, 0.25) is 0 Å². The maximum atomic E-state index is 12.7. The number of hydrogen-bond acceptors (Lipinski definition) is 3. The molecular weight excluding hydrogens is 311 g/mol. The molecule has 0 atom stereocenters. The van der Waals surface area contributed by atoms with E-state index in [9.17, 15) is 28.2 Å². The number of carbonyl (C=O) groups excluding carboxylic acids is 1. The summed E-state index contributed by atoms with van der Waals surface area (Å²) in [5, 5.41) is 18.7. The molecule has 0 aliphatic rings. The van der Waals surface area contributed by atoms with E-state index in [1.54, 1.807) is 13.8 Å². The quantitative estimate of drug-likeness (QED) is 0.836. The lowest BCUT2D eigenvalue weighted by Crippen LogP contribution is -2.49. The Balaban J connectivity index is 3.31. The third-order valence-corrected chi connectivity index (χ3v) is 3.37. The minimum atomic E-state index is -5.27. The van der Waals surface area contributed by atoms with Crippen LogP contribution in [0.3, 0.4) is 0 Å². The first-order valence-corrected chi connectivity index (χ1v) is 7.15. The summed E-state index contributed by atoms with van der Waals surface area (Å²) in [5.74, 6) is -4.49. The number of amides is 1. The monoisotopic (exact) mass is 333 g/mol. The van der Waals surface area contributed by atoms with Gasteiger partial charge in [-0.05, 0) is 46.8 Å². The van der Waals surface area contributed by atoms with Crippen LogP contribution in [-0.2, 0) is 5.79 Å². The highest BCUT2D eigenvalue weighted by atomic mass is 19.4. The second kappa shape index (κ2) is 6.13. The number of benzene rings is 1. The molecule has 2 N–H and O–H groups in total. The highest BCUT2D eigenvalue weighted by molar-refractivity contribution is 5.95. The van der Waals surface area contributed by atoms with Gasteiger partial charge < -0.3 is 15.1 Å². The lowest BCUT2D eigenvalue weighted by Gasteiger charge is -2.39. The van der Waals surface area contributed by atoms with E-state index in [1.165, 1.54) is 17.0 Å². The molecule has 0 fully saturated rings. The fraction of sp³-hybridized carbons (Fsp3) is 0.562. The second-order valence-corrected chi connectivity index (χ2v) is 6.69. The summed E-state index contributed by atoms with van der Waals surface area (Å²) >= 11 is 0. The molecule has 0 saturated heterocycles. The summed E-state index contributed by atoms with van der Waals surface area (Å²) < 4.78 is 38.2. The smallest absolute Gasteiger partial charge is 0.355 e. The van der Waals surface area contributed by atoms with Gasteiger partial charge in [0.15, 0.2) is 0 Å². The van der Waals surface area contributed by atoms with Crippen molar-refractivity contribution < 1.29 is 28.2 Å². The van der Waals surface area contributed by atoms with Gasteiger partial charge in [0, 0.05) is 22.7 Å². The predicted octanol–water partition coefficient (Wildman–Crippen LogP) is 3.04. The zero-order valence-corrected chi connectivity index (χ0v) is 13.8. The summed E-state index contributed by atoms with van der Waals surface area (Å²) in [4.78, 5) is 14.2. The molecule has 0 aliphatic carbocycles. The van der Waals surface area contributed by atoms with E-state index in [2.05, 4.69) is 0 Å². The number of alkyl halides is 3. The highest BCUT2D eigenvalue weighted by Crippen LogP contribution is 2.37. The fourth-order valence-electron chi connectivity index (χ4n) is 2.49. The topological polar surface area (TPSA) is 60.8 Å². The minimum absolute atomic E-state index is 0.0390. The molecule has 0 bridgehead atoms. The zero-order valence-electron chi connectivity index (χ0n) is 13.8. The molecule has 0 heterocycles. The third kappa shape index (κ3) is 4.03. The van der Waals surface area contributed by atoms with Crippen molar-refractivity contribution >= 4 is 5.91 Å². The van der Waals surface area contributed by atoms with Crippen LogP contribution < -0.4 is 0 Å². The molecular formula is C16H22F3NO3. The molecule has 0 unspecified atom stereocenters. The zero-order chi connectivity index (χ0) is 18.2. The Morgan fingerprint density at radius 3 is 2.04 bits per heavy atom. The van der Waals surface area contributed by atoms with Gasteiger partial charge in [-0.2, -0.15) is 13.2 Å². The first-order valence-electron chi connectivity index (χ1n) is 7.15.